The molecule has 0 aromatic heterocycles. The molecule has 0 radical (unpaired) electrons. The maximum Gasteiger partial charge on any atom is 0.261 e. The highest BCUT2D eigenvalue weighted by molar-refractivity contribution is 7.92. The zero-order valence-corrected chi connectivity index (χ0v) is 12.1. The Hall–Kier alpha value is -2.21. The maximum absolute atomic E-state index is 12.2. The van der Waals surface area contributed by atoms with Crippen molar-refractivity contribution in [2.75, 3.05) is 24.2 Å². The molecule has 0 unspecified atom stereocenters. The van der Waals surface area contributed by atoms with Gasteiger partial charge in [-0.3, -0.25) is 4.72 Å². The first-order valence-electron chi connectivity index (χ1n) is 6.00. The van der Waals surface area contributed by atoms with E-state index in [0.29, 0.717) is 17.1 Å². The van der Waals surface area contributed by atoms with E-state index in [-0.39, 0.29) is 4.90 Å². The minimum absolute atomic E-state index is 0.224. The Bertz CT molecular complexity index is 685. The largest absolute Gasteiger partial charge is 0.495 e. The Kier molecular flexibility index (Phi) is 4.14. The number of hydrogen-bond acceptors (Lipinski definition) is 4. The molecule has 0 aliphatic rings. The number of benzene rings is 2. The zero-order valence-electron chi connectivity index (χ0n) is 11.3. The summed E-state index contributed by atoms with van der Waals surface area (Å²) in [6.45, 7) is 0. The molecule has 2 N–H and O–H groups in total. The van der Waals surface area contributed by atoms with Gasteiger partial charge in [-0.15, -0.1) is 0 Å². The fourth-order valence-electron chi connectivity index (χ4n) is 1.78. The number of hydrogen-bond donors (Lipinski definition) is 2. The van der Waals surface area contributed by atoms with E-state index in [1.807, 2.05) is 0 Å². The van der Waals surface area contributed by atoms with Crippen molar-refractivity contribution in [3.8, 4) is 5.75 Å². The molecule has 20 heavy (non-hydrogen) atoms. The number of anilines is 2. The normalized spacial score (nSPS) is 10.9. The molecule has 0 saturated carbocycles. The second-order valence-electron chi connectivity index (χ2n) is 4.08. The Morgan fingerprint density at radius 1 is 1.05 bits per heavy atom. The molecule has 0 bridgehead atoms. The summed E-state index contributed by atoms with van der Waals surface area (Å²) in [6.07, 6.45) is 0. The fourth-order valence-corrected chi connectivity index (χ4v) is 2.85. The van der Waals surface area contributed by atoms with Crippen molar-refractivity contribution in [1.29, 1.82) is 0 Å². The van der Waals surface area contributed by atoms with Gasteiger partial charge < -0.3 is 10.1 Å². The standard InChI is InChI=1S/C14H16N2O3S/c1-15-13-10-11(8-9-14(13)19-2)16-20(17,18)12-6-4-3-5-7-12/h3-10,15-16H,1-2H3. The van der Waals surface area contributed by atoms with Crippen LogP contribution in [0.25, 0.3) is 0 Å². The lowest BCUT2D eigenvalue weighted by Gasteiger charge is -2.12. The first-order chi connectivity index (χ1) is 9.56. The van der Waals surface area contributed by atoms with Crippen molar-refractivity contribution in [2.24, 2.45) is 0 Å². The van der Waals surface area contributed by atoms with Gasteiger partial charge in [-0.25, -0.2) is 8.42 Å². The Morgan fingerprint density at radius 3 is 2.35 bits per heavy atom. The molecule has 5 nitrogen and oxygen atoms in total. The third-order valence-corrected chi connectivity index (χ3v) is 4.17. The van der Waals surface area contributed by atoms with E-state index in [2.05, 4.69) is 10.0 Å². The van der Waals surface area contributed by atoms with Crippen LogP contribution in [0.15, 0.2) is 53.4 Å². The average Bonchev–Trinajstić information content (AvgIpc) is 2.47. The fraction of sp³-hybridized carbons (Fsp3) is 0.143. The van der Waals surface area contributed by atoms with Gasteiger partial charge in [0.2, 0.25) is 0 Å². The molecular weight excluding hydrogens is 276 g/mol. The topological polar surface area (TPSA) is 67.4 Å². The van der Waals surface area contributed by atoms with Crippen molar-refractivity contribution in [3.63, 3.8) is 0 Å². The Morgan fingerprint density at radius 2 is 1.75 bits per heavy atom. The van der Waals surface area contributed by atoms with Gasteiger partial charge in [0.05, 0.1) is 23.4 Å². The molecule has 0 heterocycles. The Labute approximate surface area is 118 Å². The SMILES string of the molecule is CNc1cc(NS(=O)(=O)c2ccccc2)ccc1OC. The van der Waals surface area contributed by atoms with E-state index >= 15 is 0 Å². The molecule has 106 valence electrons. The lowest BCUT2D eigenvalue weighted by atomic mass is 10.2. The van der Waals surface area contributed by atoms with Gasteiger partial charge in [0, 0.05) is 7.05 Å². The Balaban J connectivity index is 2.30. The molecule has 0 atom stereocenters. The van der Waals surface area contributed by atoms with Gasteiger partial charge in [-0.2, -0.15) is 0 Å². The van der Waals surface area contributed by atoms with E-state index in [0.717, 1.165) is 0 Å². The highest BCUT2D eigenvalue weighted by atomic mass is 32.2. The van der Waals surface area contributed by atoms with Crippen LogP contribution in [0, 0.1) is 0 Å². The van der Waals surface area contributed by atoms with E-state index in [4.69, 9.17) is 4.74 Å². The van der Waals surface area contributed by atoms with Crippen molar-refractivity contribution in [3.05, 3.63) is 48.5 Å². The predicted octanol–water partition coefficient (Wildman–Crippen LogP) is 2.54. The highest BCUT2D eigenvalue weighted by Gasteiger charge is 2.14. The summed E-state index contributed by atoms with van der Waals surface area (Å²) in [6, 6.07) is 13.3. The molecule has 0 amide bonds. The van der Waals surface area contributed by atoms with Crippen LogP contribution in [0.5, 0.6) is 5.75 Å². The van der Waals surface area contributed by atoms with E-state index in [1.165, 1.54) is 0 Å². The van der Waals surface area contributed by atoms with Crippen molar-refractivity contribution in [1.82, 2.24) is 0 Å². The van der Waals surface area contributed by atoms with E-state index in [1.54, 1.807) is 62.7 Å². The minimum Gasteiger partial charge on any atom is -0.495 e. The van der Waals surface area contributed by atoms with Crippen LogP contribution in [0.4, 0.5) is 11.4 Å². The highest BCUT2D eigenvalue weighted by Crippen LogP contribution is 2.28. The maximum atomic E-state index is 12.2. The third kappa shape index (κ3) is 3.03. The molecule has 0 fully saturated rings. The first kappa shape index (κ1) is 14.2. The van der Waals surface area contributed by atoms with Crippen LogP contribution in [0.1, 0.15) is 0 Å². The number of rotatable bonds is 5. The predicted molar refractivity (Wildman–Crippen MR) is 79.8 cm³/mol. The lowest BCUT2D eigenvalue weighted by Crippen LogP contribution is -2.13. The second kappa shape index (κ2) is 5.83. The molecule has 2 rings (SSSR count). The molecule has 6 heteroatoms. The number of methoxy groups -OCH3 is 1. The number of sulfonamides is 1. The summed E-state index contributed by atoms with van der Waals surface area (Å²) >= 11 is 0. The van der Waals surface area contributed by atoms with Crippen LogP contribution in [0.3, 0.4) is 0 Å². The van der Waals surface area contributed by atoms with E-state index in [9.17, 15) is 8.42 Å². The van der Waals surface area contributed by atoms with E-state index < -0.39 is 10.0 Å². The average molecular weight is 292 g/mol. The van der Waals surface area contributed by atoms with Gasteiger partial charge in [-0.1, -0.05) is 18.2 Å². The molecule has 0 saturated heterocycles. The van der Waals surface area contributed by atoms with Gasteiger partial charge in [0.1, 0.15) is 5.75 Å². The van der Waals surface area contributed by atoms with Gasteiger partial charge in [-0.05, 0) is 30.3 Å². The van der Waals surface area contributed by atoms with Gasteiger partial charge in [0.25, 0.3) is 10.0 Å². The smallest absolute Gasteiger partial charge is 0.261 e. The molecule has 0 spiro atoms. The quantitative estimate of drug-likeness (QED) is 0.888. The summed E-state index contributed by atoms with van der Waals surface area (Å²) < 4.78 is 32.1. The van der Waals surface area contributed by atoms with Crippen molar-refractivity contribution >= 4 is 21.4 Å². The van der Waals surface area contributed by atoms with Crippen LogP contribution in [-0.2, 0) is 10.0 Å². The van der Waals surface area contributed by atoms with Crippen LogP contribution < -0.4 is 14.8 Å². The molecular formula is C14H16N2O3S. The third-order valence-electron chi connectivity index (χ3n) is 2.77. The van der Waals surface area contributed by atoms with Crippen molar-refractivity contribution < 1.29 is 13.2 Å². The van der Waals surface area contributed by atoms with Crippen molar-refractivity contribution in [2.45, 2.75) is 4.90 Å². The number of ether oxygens (including phenoxy) is 1. The summed E-state index contributed by atoms with van der Waals surface area (Å²) in [7, 11) is -0.274. The van der Waals surface area contributed by atoms with Crippen LogP contribution in [-0.4, -0.2) is 22.6 Å². The summed E-state index contributed by atoms with van der Waals surface area (Å²) in [5, 5.41) is 2.95. The van der Waals surface area contributed by atoms with Gasteiger partial charge >= 0.3 is 0 Å². The summed E-state index contributed by atoms with van der Waals surface area (Å²) in [5.74, 6) is 0.648. The number of nitrogens with one attached hydrogen (secondary N) is 2. The van der Waals surface area contributed by atoms with Crippen LogP contribution >= 0.6 is 0 Å². The van der Waals surface area contributed by atoms with Gasteiger partial charge in [0.15, 0.2) is 0 Å². The monoisotopic (exact) mass is 292 g/mol. The molecule has 2 aromatic carbocycles. The lowest BCUT2D eigenvalue weighted by molar-refractivity contribution is 0.416. The minimum atomic E-state index is -3.58. The summed E-state index contributed by atoms with van der Waals surface area (Å²) in [4.78, 5) is 0.224. The molecule has 0 aliphatic carbocycles. The second-order valence-corrected chi connectivity index (χ2v) is 5.77. The first-order valence-corrected chi connectivity index (χ1v) is 7.49. The zero-order chi connectivity index (χ0) is 14.6. The molecule has 2 aromatic rings. The summed E-state index contributed by atoms with van der Waals surface area (Å²) in [5.41, 5.74) is 1.18. The van der Waals surface area contributed by atoms with Crippen LogP contribution in [0.2, 0.25) is 0 Å². The molecule has 0 aliphatic heterocycles.